The summed E-state index contributed by atoms with van der Waals surface area (Å²) in [7, 11) is 0. The third-order valence-electron chi connectivity index (χ3n) is 5.42. The Labute approximate surface area is 159 Å². The molecule has 1 aromatic carbocycles. The van der Waals surface area contributed by atoms with E-state index in [1.807, 2.05) is 36.1 Å². The van der Waals surface area contributed by atoms with E-state index in [0.29, 0.717) is 30.5 Å². The first-order chi connectivity index (χ1) is 12.3. The van der Waals surface area contributed by atoms with Crippen LogP contribution in [0.1, 0.15) is 37.8 Å². The molecule has 3 rings (SSSR count). The number of hydrogen-bond acceptors (Lipinski definition) is 3. The molecular formula is C20H26ClN3O2. The standard InChI is InChI=1S/C20H26ClN3O2/c1-12(22)20(26)24-7-5-14(6-8-24)13(2)23-19(25)17-9-15-3-4-18(21)11-16(15)10-17/h3-4,10-14H,5-9,22H2,1-2H3,(H,23,25)/t12-,13?/m0/s1. The Bertz CT molecular complexity index is 737. The van der Waals surface area contributed by atoms with Crippen LogP contribution in [0.5, 0.6) is 0 Å². The molecule has 1 aliphatic heterocycles. The zero-order valence-electron chi connectivity index (χ0n) is 15.3. The van der Waals surface area contributed by atoms with Crippen LogP contribution in [-0.4, -0.2) is 41.9 Å². The molecule has 1 unspecified atom stereocenters. The average molecular weight is 376 g/mol. The van der Waals surface area contributed by atoms with Gasteiger partial charge in [-0.05, 0) is 61.9 Å². The molecule has 2 amide bonds. The lowest BCUT2D eigenvalue weighted by atomic mass is 9.90. The van der Waals surface area contributed by atoms with Crippen molar-refractivity contribution in [2.24, 2.45) is 11.7 Å². The van der Waals surface area contributed by atoms with E-state index in [1.54, 1.807) is 6.92 Å². The number of benzene rings is 1. The number of likely N-dealkylation sites (tertiary alicyclic amines) is 1. The molecule has 2 atom stereocenters. The van der Waals surface area contributed by atoms with Crippen molar-refractivity contribution in [1.82, 2.24) is 10.2 Å². The normalized spacial score (nSPS) is 19.5. The van der Waals surface area contributed by atoms with Crippen LogP contribution < -0.4 is 11.1 Å². The van der Waals surface area contributed by atoms with Crippen LogP contribution in [0, 0.1) is 5.92 Å². The van der Waals surface area contributed by atoms with Crippen molar-refractivity contribution in [1.29, 1.82) is 0 Å². The average Bonchev–Trinajstić information content (AvgIpc) is 3.04. The van der Waals surface area contributed by atoms with Crippen LogP contribution in [0.15, 0.2) is 23.8 Å². The van der Waals surface area contributed by atoms with Gasteiger partial charge in [0.2, 0.25) is 11.8 Å². The van der Waals surface area contributed by atoms with Gasteiger partial charge in [0, 0.05) is 36.1 Å². The molecule has 1 fully saturated rings. The van der Waals surface area contributed by atoms with Gasteiger partial charge in [-0.3, -0.25) is 9.59 Å². The molecule has 0 saturated carbocycles. The highest BCUT2D eigenvalue weighted by Crippen LogP contribution is 2.28. The molecule has 1 aromatic rings. The molecule has 0 bridgehead atoms. The van der Waals surface area contributed by atoms with Crippen molar-refractivity contribution < 1.29 is 9.59 Å². The number of carbonyl (C=O) groups is 2. The van der Waals surface area contributed by atoms with Crippen molar-refractivity contribution in [3.05, 3.63) is 39.9 Å². The third-order valence-corrected chi connectivity index (χ3v) is 5.65. The highest BCUT2D eigenvalue weighted by atomic mass is 35.5. The Morgan fingerprint density at radius 2 is 1.96 bits per heavy atom. The van der Waals surface area contributed by atoms with Gasteiger partial charge in [-0.2, -0.15) is 0 Å². The summed E-state index contributed by atoms with van der Waals surface area (Å²) in [5, 5.41) is 3.82. The highest BCUT2D eigenvalue weighted by molar-refractivity contribution is 6.30. The fourth-order valence-corrected chi connectivity index (χ4v) is 3.96. The van der Waals surface area contributed by atoms with Gasteiger partial charge in [0.15, 0.2) is 0 Å². The summed E-state index contributed by atoms with van der Waals surface area (Å²) >= 11 is 6.02. The Balaban J connectivity index is 1.53. The van der Waals surface area contributed by atoms with Crippen LogP contribution in [-0.2, 0) is 16.0 Å². The number of nitrogens with two attached hydrogens (primary N) is 1. The molecule has 0 aromatic heterocycles. The summed E-state index contributed by atoms with van der Waals surface area (Å²) in [6, 6.07) is 5.35. The van der Waals surface area contributed by atoms with Gasteiger partial charge in [-0.15, -0.1) is 0 Å². The maximum absolute atomic E-state index is 12.6. The number of nitrogens with one attached hydrogen (secondary N) is 1. The molecule has 1 heterocycles. The topological polar surface area (TPSA) is 75.4 Å². The Kier molecular flexibility index (Phi) is 5.68. The van der Waals surface area contributed by atoms with E-state index in [-0.39, 0.29) is 17.9 Å². The van der Waals surface area contributed by atoms with Crippen molar-refractivity contribution in [3.63, 3.8) is 0 Å². The Hall–Kier alpha value is -1.85. The van der Waals surface area contributed by atoms with Crippen LogP contribution in [0.4, 0.5) is 0 Å². The fraction of sp³-hybridized carbons (Fsp3) is 0.500. The molecule has 6 heteroatoms. The molecule has 3 N–H and O–H groups in total. The summed E-state index contributed by atoms with van der Waals surface area (Å²) in [4.78, 5) is 26.4. The second kappa shape index (κ2) is 7.80. The lowest BCUT2D eigenvalue weighted by molar-refractivity contribution is -0.134. The predicted octanol–water partition coefficient (Wildman–Crippen LogP) is 2.37. The largest absolute Gasteiger partial charge is 0.350 e. The minimum Gasteiger partial charge on any atom is -0.350 e. The van der Waals surface area contributed by atoms with Crippen molar-refractivity contribution in [3.8, 4) is 0 Å². The van der Waals surface area contributed by atoms with Gasteiger partial charge >= 0.3 is 0 Å². The molecular weight excluding hydrogens is 350 g/mol. The van der Waals surface area contributed by atoms with Crippen LogP contribution in [0.2, 0.25) is 5.02 Å². The number of fused-ring (bicyclic) bond motifs is 1. The monoisotopic (exact) mass is 375 g/mol. The van der Waals surface area contributed by atoms with Crippen LogP contribution in [0.3, 0.4) is 0 Å². The molecule has 140 valence electrons. The number of amides is 2. The quantitative estimate of drug-likeness (QED) is 0.848. The molecule has 1 aliphatic carbocycles. The first-order valence-corrected chi connectivity index (χ1v) is 9.57. The summed E-state index contributed by atoms with van der Waals surface area (Å²) in [6.07, 6.45) is 4.34. The first-order valence-electron chi connectivity index (χ1n) is 9.19. The second-order valence-electron chi connectivity index (χ2n) is 7.40. The van der Waals surface area contributed by atoms with Gasteiger partial charge in [-0.25, -0.2) is 0 Å². The highest BCUT2D eigenvalue weighted by Gasteiger charge is 2.29. The van der Waals surface area contributed by atoms with Crippen molar-refractivity contribution >= 4 is 29.5 Å². The van der Waals surface area contributed by atoms with Crippen molar-refractivity contribution in [2.45, 2.75) is 45.2 Å². The summed E-state index contributed by atoms with van der Waals surface area (Å²) < 4.78 is 0. The minimum absolute atomic E-state index is 0.00711. The van der Waals surface area contributed by atoms with E-state index in [1.165, 1.54) is 0 Å². The molecule has 1 saturated heterocycles. The van der Waals surface area contributed by atoms with E-state index in [2.05, 4.69) is 5.32 Å². The van der Waals surface area contributed by atoms with Gasteiger partial charge in [0.05, 0.1) is 6.04 Å². The molecule has 2 aliphatic rings. The lowest BCUT2D eigenvalue weighted by Crippen LogP contribution is -2.49. The number of halogens is 1. The van der Waals surface area contributed by atoms with Gasteiger partial charge < -0.3 is 16.0 Å². The maximum Gasteiger partial charge on any atom is 0.247 e. The van der Waals surface area contributed by atoms with Gasteiger partial charge in [0.25, 0.3) is 0 Å². The van der Waals surface area contributed by atoms with Gasteiger partial charge in [0.1, 0.15) is 0 Å². The van der Waals surface area contributed by atoms with E-state index >= 15 is 0 Å². The molecule has 0 spiro atoms. The Morgan fingerprint density at radius 1 is 1.27 bits per heavy atom. The number of carbonyl (C=O) groups excluding carboxylic acids is 2. The van der Waals surface area contributed by atoms with E-state index < -0.39 is 6.04 Å². The number of nitrogens with zero attached hydrogens (tertiary/aromatic N) is 1. The maximum atomic E-state index is 12.6. The van der Waals surface area contributed by atoms with Crippen LogP contribution in [0.25, 0.3) is 6.08 Å². The summed E-state index contributed by atoms with van der Waals surface area (Å²) in [5.74, 6) is 0.362. The van der Waals surface area contributed by atoms with Gasteiger partial charge in [-0.1, -0.05) is 17.7 Å². The van der Waals surface area contributed by atoms with E-state index in [4.69, 9.17) is 17.3 Å². The van der Waals surface area contributed by atoms with E-state index in [0.717, 1.165) is 29.5 Å². The lowest BCUT2D eigenvalue weighted by Gasteiger charge is -2.35. The number of hydrogen-bond donors (Lipinski definition) is 2. The molecule has 0 radical (unpaired) electrons. The summed E-state index contributed by atoms with van der Waals surface area (Å²) in [5.41, 5.74) is 8.62. The Morgan fingerprint density at radius 3 is 2.62 bits per heavy atom. The number of piperidine rings is 1. The number of rotatable bonds is 4. The minimum atomic E-state index is -0.451. The smallest absolute Gasteiger partial charge is 0.247 e. The first kappa shape index (κ1) is 18.9. The molecule has 26 heavy (non-hydrogen) atoms. The molecule has 5 nitrogen and oxygen atoms in total. The zero-order valence-corrected chi connectivity index (χ0v) is 16.1. The SMILES string of the molecule is CC(NC(=O)C1=Cc2cc(Cl)ccc2C1)C1CCN(C(=O)[C@H](C)N)CC1. The second-order valence-corrected chi connectivity index (χ2v) is 7.84. The summed E-state index contributed by atoms with van der Waals surface area (Å²) in [6.45, 7) is 5.18. The zero-order chi connectivity index (χ0) is 18.8. The van der Waals surface area contributed by atoms with E-state index in [9.17, 15) is 9.59 Å². The third kappa shape index (κ3) is 4.10. The van der Waals surface area contributed by atoms with Crippen LogP contribution >= 0.6 is 11.6 Å². The van der Waals surface area contributed by atoms with Crippen molar-refractivity contribution in [2.75, 3.05) is 13.1 Å². The predicted molar refractivity (Wildman–Crippen MR) is 104 cm³/mol. The fourth-order valence-electron chi connectivity index (χ4n) is 3.78.